The van der Waals surface area contributed by atoms with Crippen molar-refractivity contribution in [1.29, 1.82) is 0 Å². The fourth-order valence-corrected chi connectivity index (χ4v) is 1.84. The number of hydrogen-bond acceptors (Lipinski definition) is 6. The van der Waals surface area contributed by atoms with Gasteiger partial charge in [-0.15, -0.1) is 11.3 Å². The number of hydrogen-bond donors (Lipinski definition) is 1. The molecule has 8 heteroatoms. The number of nitro groups is 1. The van der Waals surface area contributed by atoms with E-state index in [9.17, 15) is 14.5 Å². The van der Waals surface area contributed by atoms with Gasteiger partial charge in [0.2, 0.25) is 0 Å². The van der Waals surface area contributed by atoms with Crippen LogP contribution in [0.15, 0.2) is 23.6 Å². The summed E-state index contributed by atoms with van der Waals surface area (Å²) < 4.78 is 18.2. The lowest BCUT2D eigenvalue weighted by atomic mass is 10.3. The molecule has 0 aliphatic heterocycles. The molecule has 0 radical (unpaired) electrons. The van der Waals surface area contributed by atoms with E-state index >= 15 is 0 Å². The monoisotopic (exact) mass is 269 g/mol. The van der Waals surface area contributed by atoms with Gasteiger partial charge in [-0.2, -0.15) is 0 Å². The number of nitrogens with two attached hydrogens (primary N) is 1. The number of halogens is 1. The van der Waals surface area contributed by atoms with Crippen molar-refractivity contribution < 1.29 is 14.1 Å². The van der Waals surface area contributed by atoms with E-state index < -0.39 is 10.7 Å². The van der Waals surface area contributed by atoms with Crippen LogP contribution in [-0.2, 0) is 6.61 Å². The van der Waals surface area contributed by atoms with Crippen LogP contribution < -0.4 is 10.5 Å². The second kappa shape index (κ2) is 4.96. The summed E-state index contributed by atoms with van der Waals surface area (Å²) in [5.74, 6) is -0.736. The highest BCUT2D eigenvalue weighted by molar-refractivity contribution is 7.13. The summed E-state index contributed by atoms with van der Waals surface area (Å²) in [4.78, 5) is 14.0. The third-order valence-electron chi connectivity index (χ3n) is 2.06. The van der Waals surface area contributed by atoms with Crippen LogP contribution in [0.25, 0.3) is 0 Å². The van der Waals surface area contributed by atoms with Crippen LogP contribution in [0.3, 0.4) is 0 Å². The Morgan fingerprint density at radius 3 is 2.94 bits per heavy atom. The molecule has 94 valence electrons. The molecule has 1 heterocycles. The number of anilines is 1. The summed E-state index contributed by atoms with van der Waals surface area (Å²) >= 11 is 1.23. The Morgan fingerprint density at radius 2 is 2.33 bits per heavy atom. The molecule has 0 unspecified atom stereocenters. The summed E-state index contributed by atoms with van der Waals surface area (Å²) in [7, 11) is 0. The Labute approximate surface area is 105 Å². The second-order valence-corrected chi connectivity index (χ2v) is 4.22. The number of nitrogen functional groups attached to an aromatic ring is 1. The van der Waals surface area contributed by atoms with Crippen LogP contribution in [-0.4, -0.2) is 9.91 Å². The molecule has 0 aliphatic rings. The molecule has 0 fully saturated rings. The molecular weight excluding hydrogens is 261 g/mol. The molecule has 2 N–H and O–H groups in total. The van der Waals surface area contributed by atoms with Gasteiger partial charge < -0.3 is 10.5 Å². The van der Waals surface area contributed by atoms with Gasteiger partial charge in [0.05, 0.1) is 10.6 Å². The van der Waals surface area contributed by atoms with Gasteiger partial charge in [-0.25, -0.2) is 9.37 Å². The van der Waals surface area contributed by atoms with E-state index in [0.29, 0.717) is 10.8 Å². The Hall–Kier alpha value is -2.22. The van der Waals surface area contributed by atoms with Crippen LogP contribution in [0.2, 0.25) is 0 Å². The van der Waals surface area contributed by atoms with Crippen molar-refractivity contribution in [1.82, 2.24) is 4.98 Å². The smallest absolute Gasteiger partial charge is 0.311 e. The van der Waals surface area contributed by atoms with Gasteiger partial charge in [-0.3, -0.25) is 10.1 Å². The van der Waals surface area contributed by atoms with Crippen LogP contribution in [0.4, 0.5) is 15.2 Å². The number of benzene rings is 1. The molecule has 0 atom stereocenters. The van der Waals surface area contributed by atoms with Gasteiger partial charge in [-0.1, -0.05) is 0 Å². The Balaban J connectivity index is 2.17. The normalized spacial score (nSPS) is 10.3. The molecule has 0 bridgehead atoms. The molecule has 0 saturated heterocycles. The van der Waals surface area contributed by atoms with E-state index in [0.717, 1.165) is 18.2 Å². The lowest BCUT2D eigenvalue weighted by Crippen LogP contribution is -2.00. The molecule has 2 aromatic rings. The van der Waals surface area contributed by atoms with Crippen molar-refractivity contribution in [2.75, 3.05) is 5.73 Å². The van der Waals surface area contributed by atoms with Crippen LogP contribution in [0.5, 0.6) is 5.75 Å². The van der Waals surface area contributed by atoms with E-state index in [-0.39, 0.29) is 18.0 Å². The number of rotatable bonds is 4. The zero-order valence-corrected chi connectivity index (χ0v) is 9.82. The maximum absolute atomic E-state index is 13.0. The lowest BCUT2D eigenvalue weighted by Gasteiger charge is -2.04. The summed E-state index contributed by atoms with van der Waals surface area (Å²) in [5.41, 5.74) is 5.68. The summed E-state index contributed by atoms with van der Waals surface area (Å²) in [6, 6.07) is 3.03. The maximum atomic E-state index is 13.0. The van der Waals surface area contributed by atoms with Gasteiger partial charge >= 0.3 is 5.69 Å². The third-order valence-corrected chi connectivity index (χ3v) is 2.79. The number of thiazole rings is 1. The first-order valence-electron chi connectivity index (χ1n) is 4.83. The zero-order chi connectivity index (χ0) is 13.1. The molecule has 0 spiro atoms. The SMILES string of the molecule is Nc1nc(COc2cc(F)ccc2[N+](=O)[O-])cs1. The Morgan fingerprint density at radius 1 is 1.56 bits per heavy atom. The van der Waals surface area contributed by atoms with Crippen molar-refractivity contribution in [3.05, 3.63) is 45.2 Å². The largest absolute Gasteiger partial charge is 0.480 e. The fourth-order valence-electron chi connectivity index (χ4n) is 1.30. The predicted octanol–water partition coefficient (Wildman–Crippen LogP) is 2.35. The van der Waals surface area contributed by atoms with Gasteiger partial charge in [0.25, 0.3) is 0 Å². The summed E-state index contributed by atoms with van der Waals surface area (Å²) in [6.07, 6.45) is 0. The van der Waals surface area contributed by atoms with Crippen molar-refractivity contribution in [3.63, 3.8) is 0 Å². The molecule has 6 nitrogen and oxygen atoms in total. The van der Waals surface area contributed by atoms with Crippen LogP contribution in [0.1, 0.15) is 5.69 Å². The first-order chi connectivity index (χ1) is 8.56. The average Bonchev–Trinajstić information content (AvgIpc) is 2.72. The average molecular weight is 269 g/mol. The first-order valence-corrected chi connectivity index (χ1v) is 5.71. The van der Waals surface area contributed by atoms with Gasteiger partial charge in [0.15, 0.2) is 10.9 Å². The topological polar surface area (TPSA) is 91.3 Å². The zero-order valence-electron chi connectivity index (χ0n) is 9.00. The number of ether oxygens (including phenoxy) is 1. The molecule has 0 aliphatic carbocycles. The van der Waals surface area contributed by atoms with Gasteiger partial charge in [0.1, 0.15) is 12.4 Å². The minimum atomic E-state index is -0.635. The highest BCUT2D eigenvalue weighted by Crippen LogP contribution is 2.28. The minimum Gasteiger partial charge on any atom is -0.480 e. The standard InChI is InChI=1S/C10H8FN3O3S/c11-6-1-2-8(14(15)16)9(3-6)17-4-7-5-18-10(12)13-7/h1-3,5H,4H2,(H2,12,13). The van der Waals surface area contributed by atoms with Crippen molar-refractivity contribution in [3.8, 4) is 5.75 Å². The quantitative estimate of drug-likeness (QED) is 0.679. The molecule has 1 aromatic carbocycles. The lowest BCUT2D eigenvalue weighted by molar-refractivity contribution is -0.386. The summed E-state index contributed by atoms with van der Waals surface area (Å²) in [5, 5.41) is 12.8. The van der Waals surface area contributed by atoms with E-state index in [2.05, 4.69) is 4.98 Å². The Kier molecular flexibility index (Phi) is 3.38. The molecule has 18 heavy (non-hydrogen) atoms. The highest BCUT2D eigenvalue weighted by Gasteiger charge is 2.16. The Bertz CT molecular complexity index is 587. The molecule has 0 saturated carbocycles. The van der Waals surface area contributed by atoms with Crippen molar-refractivity contribution >= 4 is 22.2 Å². The number of nitro benzene ring substituents is 1. The van der Waals surface area contributed by atoms with E-state index in [1.807, 2.05) is 0 Å². The van der Waals surface area contributed by atoms with E-state index in [1.54, 1.807) is 5.38 Å². The molecule has 2 rings (SSSR count). The minimum absolute atomic E-state index is 0.00199. The van der Waals surface area contributed by atoms with E-state index in [4.69, 9.17) is 10.5 Å². The van der Waals surface area contributed by atoms with E-state index in [1.165, 1.54) is 11.3 Å². The number of nitrogens with zero attached hydrogens (tertiary/aromatic N) is 2. The first kappa shape index (κ1) is 12.2. The van der Waals surface area contributed by atoms with Crippen molar-refractivity contribution in [2.24, 2.45) is 0 Å². The molecule has 0 amide bonds. The second-order valence-electron chi connectivity index (χ2n) is 3.33. The highest BCUT2D eigenvalue weighted by atomic mass is 32.1. The predicted molar refractivity (Wildman–Crippen MR) is 63.9 cm³/mol. The van der Waals surface area contributed by atoms with Gasteiger partial charge in [0, 0.05) is 17.5 Å². The fraction of sp³-hybridized carbons (Fsp3) is 0.100. The number of aromatic nitrogens is 1. The maximum Gasteiger partial charge on any atom is 0.311 e. The van der Waals surface area contributed by atoms with Crippen LogP contribution >= 0.6 is 11.3 Å². The van der Waals surface area contributed by atoms with Crippen molar-refractivity contribution in [2.45, 2.75) is 6.61 Å². The van der Waals surface area contributed by atoms with Crippen LogP contribution in [0, 0.1) is 15.9 Å². The molecule has 1 aromatic heterocycles. The third kappa shape index (κ3) is 2.72. The molecular formula is C10H8FN3O3S. The summed E-state index contributed by atoms with van der Waals surface area (Å²) in [6.45, 7) is -0.00199. The van der Waals surface area contributed by atoms with Gasteiger partial charge in [-0.05, 0) is 6.07 Å².